The minimum absolute atomic E-state index is 0.00597. The number of hydrogen-bond acceptors (Lipinski definition) is 8. The monoisotopic (exact) mass is 762 g/mol. The lowest BCUT2D eigenvalue weighted by Crippen LogP contribution is -2.36. The summed E-state index contributed by atoms with van der Waals surface area (Å²) in [6.45, 7) is 13.0. The average molecular weight is 763 g/mol. The van der Waals surface area contributed by atoms with Crippen molar-refractivity contribution in [2.75, 3.05) is 39.4 Å². The lowest BCUT2D eigenvalue weighted by Gasteiger charge is -2.39. The number of hydrogen-bond donors (Lipinski definition) is 1. The van der Waals surface area contributed by atoms with Gasteiger partial charge in [-0.25, -0.2) is 0 Å². The highest BCUT2D eigenvalue weighted by molar-refractivity contribution is 5.85. The molecule has 0 spiro atoms. The van der Waals surface area contributed by atoms with Gasteiger partial charge in [-0.15, -0.1) is 0 Å². The van der Waals surface area contributed by atoms with E-state index in [9.17, 15) is 14.7 Å². The Bertz CT molecular complexity index is 1940. The van der Waals surface area contributed by atoms with Gasteiger partial charge in [-0.3, -0.25) is 19.4 Å². The van der Waals surface area contributed by atoms with Crippen LogP contribution < -0.4 is 4.74 Å². The van der Waals surface area contributed by atoms with Crippen molar-refractivity contribution < 1.29 is 28.9 Å². The predicted octanol–water partition coefficient (Wildman–Crippen LogP) is 9.67. The largest absolute Gasteiger partial charge is 0.508 e. The van der Waals surface area contributed by atoms with Crippen LogP contribution in [0.1, 0.15) is 96.1 Å². The highest BCUT2D eigenvalue weighted by Crippen LogP contribution is 2.42. The molecule has 7 rings (SSSR count). The molecule has 0 amide bonds. The van der Waals surface area contributed by atoms with Crippen LogP contribution >= 0.6 is 0 Å². The molecule has 300 valence electrons. The number of carbonyl (C=O) groups excluding carboxylic acids is 2. The van der Waals surface area contributed by atoms with Crippen LogP contribution in [0, 0.1) is 23.2 Å². The second-order valence-electron chi connectivity index (χ2n) is 17.4. The van der Waals surface area contributed by atoms with Crippen LogP contribution in [0.5, 0.6) is 11.5 Å². The Labute approximate surface area is 333 Å². The van der Waals surface area contributed by atoms with Crippen LogP contribution in [0.4, 0.5) is 0 Å². The van der Waals surface area contributed by atoms with E-state index in [4.69, 9.17) is 14.2 Å². The van der Waals surface area contributed by atoms with Crippen molar-refractivity contribution in [3.8, 4) is 11.5 Å². The Morgan fingerprint density at radius 3 is 1.77 bits per heavy atom. The molecule has 0 radical (unpaired) electrons. The Morgan fingerprint density at radius 2 is 1.18 bits per heavy atom. The molecule has 4 aromatic rings. The number of nitrogens with zero attached hydrogens (tertiary/aromatic N) is 2. The van der Waals surface area contributed by atoms with Crippen molar-refractivity contribution in [1.82, 2.24) is 9.80 Å². The van der Waals surface area contributed by atoms with Crippen LogP contribution in [-0.4, -0.2) is 72.3 Å². The smallest absolute Gasteiger partial charge is 0.309 e. The fraction of sp³-hybridized carbons (Fsp3) is 0.542. The number of esters is 2. The lowest BCUT2D eigenvalue weighted by atomic mass is 9.68. The van der Waals surface area contributed by atoms with Crippen molar-refractivity contribution >= 4 is 33.5 Å². The summed E-state index contributed by atoms with van der Waals surface area (Å²) in [5.74, 6) is 1.86. The van der Waals surface area contributed by atoms with Gasteiger partial charge in [0.2, 0.25) is 0 Å². The van der Waals surface area contributed by atoms with E-state index in [2.05, 4.69) is 78.2 Å². The minimum Gasteiger partial charge on any atom is -0.508 e. The van der Waals surface area contributed by atoms with Crippen LogP contribution in [0.15, 0.2) is 72.8 Å². The first-order valence-electron chi connectivity index (χ1n) is 21.3. The molecule has 0 aromatic heterocycles. The van der Waals surface area contributed by atoms with Crippen molar-refractivity contribution in [1.29, 1.82) is 0 Å². The molecule has 3 aliphatic rings. The maximum atomic E-state index is 13.0. The molecule has 0 unspecified atom stereocenters. The van der Waals surface area contributed by atoms with Gasteiger partial charge < -0.3 is 19.3 Å². The number of rotatable bonds is 14. The lowest BCUT2D eigenvalue weighted by molar-refractivity contribution is -0.151. The average Bonchev–Trinajstić information content (AvgIpc) is 3.20. The molecule has 1 aliphatic carbocycles. The summed E-state index contributed by atoms with van der Waals surface area (Å²) >= 11 is 0. The number of ether oxygens (including phenoxy) is 3. The Morgan fingerprint density at radius 1 is 0.661 bits per heavy atom. The standard InChI is InChI=1S/C48H62N2O6/c1-4-54-46(52)36-18-23-49(24-19-36)33-35-7-9-41-31-45(15-11-39(41)29-35)56-44-16-12-42(13-17-44)48(2,3)22-5-27-55-47(53)37-20-25-50(26-21-37)32-34-6-8-40-30-43(51)14-10-38(40)28-34/h6-11,14-15,28-31,36-37,42,44,51H,4-5,12-13,16-27,32-33H2,1-3H3. The van der Waals surface area contributed by atoms with E-state index in [1.807, 2.05) is 13.0 Å². The number of piperidine rings is 2. The number of aromatic hydroxyl groups is 1. The Balaban J connectivity index is 0.782. The van der Waals surface area contributed by atoms with Gasteiger partial charge in [0, 0.05) is 13.1 Å². The molecular formula is C48H62N2O6. The number of benzene rings is 4. The molecule has 2 heterocycles. The van der Waals surface area contributed by atoms with Gasteiger partial charge in [-0.2, -0.15) is 0 Å². The van der Waals surface area contributed by atoms with E-state index in [-0.39, 0.29) is 35.3 Å². The third kappa shape index (κ3) is 10.4. The van der Waals surface area contributed by atoms with Crippen molar-refractivity contribution in [3.05, 3.63) is 83.9 Å². The van der Waals surface area contributed by atoms with Crippen LogP contribution in [0.25, 0.3) is 21.5 Å². The third-order valence-electron chi connectivity index (χ3n) is 13.0. The summed E-state index contributed by atoms with van der Waals surface area (Å²) in [6.07, 6.45) is 10.1. The SMILES string of the molecule is CCOC(=O)C1CCN(Cc2ccc3cc(OC4CCC(C(C)(C)CCCOC(=O)C5CCN(Cc6ccc7cc(O)ccc7c6)CC5)CC4)ccc3c2)CC1. The van der Waals surface area contributed by atoms with Crippen molar-refractivity contribution in [2.24, 2.45) is 23.2 Å². The van der Waals surface area contributed by atoms with E-state index in [0.29, 0.717) is 24.9 Å². The first kappa shape index (κ1) is 40.1. The van der Waals surface area contributed by atoms with Crippen LogP contribution in [0.2, 0.25) is 0 Å². The second-order valence-corrected chi connectivity index (χ2v) is 17.4. The topological polar surface area (TPSA) is 88.5 Å². The number of fused-ring (bicyclic) bond motifs is 2. The highest BCUT2D eigenvalue weighted by Gasteiger charge is 2.34. The maximum Gasteiger partial charge on any atom is 0.309 e. The molecule has 2 saturated heterocycles. The van der Waals surface area contributed by atoms with E-state index in [1.54, 1.807) is 12.1 Å². The summed E-state index contributed by atoms with van der Waals surface area (Å²) < 4.78 is 17.6. The summed E-state index contributed by atoms with van der Waals surface area (Å²) in [5, 5.41) is 14.4. The van der Waals surface area contributed by atoms with Crippen molar-refractivity contribution in [3.63, 3.8) is 0 Å². The van der Waals surface area contributed by atoms with E-state index in [0.717, 1.165) is 120 Å². The fourth-order valence-corrected chi connectivity index (χ4v) is 9.43. The van der Waals surface area contributed by atoms with Gasteiger partial charge in [0.05, 0.1) is 31.2 Å². The molecule has 0 atom stereocenters. The number of likely N-dealkylation sites (tertiary alicyclic amines) is 2. The number of phenols is 1. The summed E-state index contributed by atoms with van der Waals surface area (Å²) in [7, 11) is 0. The molecule has 4 aromatic carbocycles. The van der Waals surface area contributed by atoms with E-state index in [1.165, 1.54) is 21.9 Å². The normalized spacial score (nSPS) is 20.6. The van der Waals surface area contributed by atoms with Crippen LogP contribution in [0.3, 0.4) is 0 Å². The van der Waals surface area contributed by atoms with Gasteiger partial charge in [0.25, 0.3) is 0 Å². The number of phenolic OH excluding ortho intramolecular Hbond substituents is 1. The fourth-order valence-electron chi connectivity index (χ4n) is 9.43. The molecule has 2 aliphatic heterocycles. The van der Waals surface area contributed by atoms with Crippen molar-refractivity contribution in [2.45, 2.75) is 104 Å². The molecular weight excluding hydrogens is 701 g/mol. The minimum atomic E-state index is -0.0400. The zero-order valence-corrected chi connectivity index (χ0v) is 33.8. The quantitative estimate of drug-likeness (QED) is 0.100. The molecule has 56 heavy (non-hydrogen) atoms. The molecule has 8 heteroatoms. The van der Waals surface area contributed by atoms with Gasteiger partial charge in [-0.1, -0.05) is 50.2 Å². The molecule has 3 fully saturated rings. The predicted molar refractivity (Wildman–Crippen MR) is 223 cm³/mol. The zero-order chi connectivity index (χ0) is 39.1. The zero-order valence-electron chi connectivity index (χ0n) is 33.8. The van der Waals surface area contributed by atoms with Gasteiger partial charge in [-0.05, 0) is 178 Å². The van der Waals surface area contributed by atoms with Gasteiger partial charge >= 0.3 is 11.9 Å². The maximum absolute atomic E-state index is 13.0. The van der Waals surface area contributed by atoms with E-state index >= 15 is 0 Å². The molecule has 1 saturated carbocycles. The summed E-state index contributed by atoms with van der Waals surface area (Å²) in [4.78, 5) is 29.9. The van der Waals surface area contributed by atoms with Gasteiger partial charge in [0.15, 0.2) is 0 Å². The molecule has 8 nitrogen and oxygen atoms in total. The Hall–Kier alpha value is -4.14. The first-order valence-corrected chi connectivity index (χ1v) is 21.3. The number of carbonyl (C=O) groups is 2. The Kier molecular flexibility index (Phi) is 13.2. The second kappa shape index (κ2) is 18.4. The summed E-state index contributed by atoms with van der Waals surface area (Å²) in [6, 6.07) is 25.1. The first-order chi connectivity index (χ1) is 27.1. The van der Waals surface area contributed by atoms with Crippen LogP contribution in [-0.2, 0) is 32.2 Å². The summed E-state index contributed by atoms with van der Waals surface area (Å²) in [5.41, 5.74) is 2.75. The van der Waals surface area contributed by atoms with Gasteiger partial charge in [0.1, 0.15) is 11.5 Å². The third-order valence-corrected chi connectivity index (χ3v) is 13.0. The van der Waals surface area contributed by atoms with E-state index < -0.39 is 0 Å². The molecule has 1 N–H and O–H groups in total. The molecule has 0 bridgehead atoms. The highest BCUT2D eigenvalue weighted by atomic mass is 16.5.